The molecule has 2 atom stereocenters. The average molecular weight is 351 g/mol. The van der Waals surface area contributed by atoms with Gasteiger partial charge in [-0.25, -0.2) is 0 Å². The SMILES string of the molecule is COc1cc(OC)cc(C2c3ccc(N(C)C)cc3OC(=N)C2C#N)c1. The summed E-state index contributed by atoms with van der Waals surface area (Å²) in [6, 6.07) is 13.6. The van der Waals surface area contributed by atoms with Crippen molar-refractivity contribution in [2.24, 2.45) is 5.92 Å². The summed E-state index contributed by atoms with van der Waals surface area (Å²) in [6.45, 7) is 0. The van der Waals surface area contributed by atoms with E-state index in [4.69, 9.17) is 19.6 Å². The van der Waals surface area contributed by atoms with E-state index in [2.05, 4.69) is 6.07 Å². The first-order valence-electron chi connectivity index (χ1n) is 8.18. The first-order valence-corrected chi connectivity index (χ1v) is 8.18. The normalized spacial score (nSPS) is 18.3. The molecule has 1 heterocycles. The van der Waals surface area contributed by atoms with Crippen molar-refractivity contribution in [3.63, 3.8) is 0 Å². The molecule has 2 unspecified atom stereocenters. The van der Waals surface area contributed by atoms with Crippen molar-refractivity contribution in [2.75, 3.05) is 33.2 Å². The molecule has 2 aromatic rings. The molecule has 1 aliphatic heterocycles. The Morgan fingerprint density at radius 3 is 2.27 bits per heavy atom. The van der Waals surface area contributed by atoms with E-state index >= 15 is 0 Å². The van der Waals surface area contributed by atoms with E-state index in [1.807, 2.05) is 49.3 Å². The second-order valence-corrected chi connectivity index (χ2v) is 6.31. The van der Waals surface area contributed by atoms with E-state index in [0.717, 1.165) is 16.8 Å². The number of rotatable bonds is 4. The van der Waals surface area contributed by atoms with Gasteiger partial charge >= 0.3 is 0 Å². The molecule has 0 fully saturated rings. The maximum absolute atomic E-state index is 9.67. The highest BCUT2D eigenvalue weighted by molar-refractivity contribution is 5.85. The lowest BCUT2D eigenvalue weighted by Gasteiger charge is -2.31. The molecule has 0 amide bonds. The third-order valence-electron chi connectivity index (χ3n) is 4.56. The van der Waals surface area contributed by atoms with Crippen LogP contribution in [0.15, 0.2) is 36.4 Å². The van der Waals surface area contributed by atoms with Crippen LogP contribution in [0.3, 0.4) is 0 Å². The second-order valence-electron chi connectivity index (χ2n) is 6.31. The van der Waals surface area contributed by atoms with Gasteiger partial charge in [-0.2, -0.15) is 5.26 Å². The largest absolute Gasteiger partial charge is 0.497 e. The maximum atomic E-state index is 9.67. The minimum absolute atomic E-state index is 0.0531. The number of hydrogen-bond acceptors (Lipinski definition) is 6. The Balaban J connectivity index is 2.19. The summed E-state index contributed by atoms with van der Waals surface area (Å²) in [6.07, 6.45) is 0. The quantitative estimate of drug-likeness (QED) is 0.913. The number of fused-ring (bicyclic) bond motifs is 1. The first-order chi connectivity index (χ1) is 12.5. The Kier molecular flexibility index (Phi) is 4.72. The maximum Gasteiger partial charge on any atom is 0.205 e. The highest BCUT2D eigenvalue weighted by atomic mass is 16.5. The smallest absolute Gasteiger partial charge is 0.205 e. The van der Waals surface area contributed by atoms with Crippen LogP contribution in [0.25, 0.3) is 0 Å². The van der Waals surface area contributed by atoms with Gasteiger partial charge in [-0.1, -0.05) is 6.07 Å². The molecule has 0 saturated carbocycles. The summed E-state index contributed by atoms with van der Waals surface area (Å²) in [7, 11) is 7.06. The summed E-state index contributed by atoms with van der Waals surface area (Å²) in [5.74, 6) is 0.768. The van der Waals surface area contributed by atoms with Crippen molar-refractivity contribution in [3.8, 4) is 23.3 Å². The van der Waals surface area contributed by atoms with Gasteiger partial charge in [0.05, 0.1) is 20.3 Å². The molecule has 0 bridgehead atoms. The second kappa shape index (κ2) is 6.96. The van der Waals surface area contributed by atoms with Crippen LogP contribution in [-0.4, -0.2) is 34.2 Å². The molecule has 2 aromatic carbocycles. The molecule has 1 aliphatic rings. The van der Waals surface area contributed by atoms with Gasteiger partial charge in [0, 0.05) is 43.4 Å². The Morgan fingerprint density at radius 2 is 1.73 bits per heavy atom. The van der Waals surface area contributed by atoms with E-state index in [-0.39, 0.29) is 11.8 Å². The van der Waals surface area contributed by atoms with Crippen LogP contribution in [0, 0.1) is 22.7 Å². The third kappa shape index (κ3) is 3.04. The van der Waals surface area contributed by atoms with Gasteiger partial charge in [0.1, 0.15) is 23.2 Å². The van der Waals surface area contributed by atoms with Gasteiger partial charge in [-0.15, -0.1) is 0 Å². The fourth-order valence-electron chi connectivity index (χ4n) is 3.17. The van der Waals surface area contributed by atoms with E-state index < -0.39 is 5.92 Å². The van der Waals surface area contributed by atoms with Crippen LogP contribution in [0.4, 0.5) is 5.69 Å². The number of methoxy groups -OCH3 is 2. The van der Waals surface area contributed by atoms with Gasteiger partial charge < -0.3 is 19.1 Å². The molecule has 0 spiro atoms. The number of benzene rings is 2. The number of nitrogens with zero attached hydrogens (tertiary/aromatic N) is 2. The van der Waals surface area contributed by atoms with Crippen LogP contribution < -0.4 is 19.1 Å². The minimum Gasteiger partial charge on any atom is -0.497 e. The monoisotopic (exact) mass is 351 g/mol. The zero-order chi connectivity index (χ0) is 18.8. The summed E-state index contributed by atoms with van der Waals surface area (Å²) < 4.78 is 16.4. The third-order valence-corrected chi connectivity index (χ3v) is 4.56. The lowest BCUT2D eigenvalue weighted by atomic mass is 9.79. The average Bonchev–Trinajstić information content (AvgIpc) is 2.65. The molecule has 26 heavy (non-hydrogen) atoms. The van der Waals surface area contributed by atoms with Crippen molar-refractivity contribution < 1.29 is 14.2 Å². The van der Waals surface area contributed by atoms with Crippen molar-refractivity contribution in [2.45, 2.75) is 5.92 Å². The fraction of sp³-hybridized carbons (Fsp3) is 0.300. The van der Waals surface area contributed by atoms with E-state index in [0.29, 0.717) is 17.2 Å². The molecule has 3 rings (SSSR count). The molecule has 134 valence electrons. The predicted octanol–water partition coefficient (Wildman–Crippen LogP) is 3.41. The van der Waals surface area contributed by atoms with Gasteiger partial charge in [0.15, 0.2) is 0 Å². The van der Waals surface area contributed by atoms with Crippen molar-refractivity contribution in [1.29, 1.82) is 10.7 Å². The summed E-state index contributed by atoms with van der Waals surface area (Å²) in [5, 5.41) is 17.9. The highest BCUT2D eigenvalue weighted by Gasteiger charge is 2.37. The summed E-state index contributed by atoms with van der Waals surface area (Å²) >= 11 is 0. The Labute approximate surface area is 153 Å². The summed E-state index contributed by atoms with van der Waals surface area (Å²) in [5.41, 5.74) is 2.68. The predicted molar refractivity (Wildman–Crippen MR) is 99.6 cm³/mol. The lowest BCUT2D eigenvalue weighted by Crippen LogP contribution is -2.31. The van der Waals surface area contributed by atoms with E-state index in [1.54, 1.807) is 20.3 Å². The lowest BCUT2D eigenvalue weighted by molar-refractivity contribution is 0.391. The molecule has 0 radical (unpaired) electrons. The molecular formula is C20H21N3O3. The molecule has 0 aliphatic carbocycles. The Bertz CT molecular complexity index is 864. The number of nitrogens with one attached hydrogen (secondary N) is 1. The van der Waals surface area contributed by atoms with Crippen LogP contribution in [0.1, 0.15) is 17.0 Å². The zero-order valence-corrected chi connectivity index (χ0v) is 15.2. The first kappa shape index (κ1) is 17.6. The standard InChI is InChI=1S/C20H21N3O3/c1-23(2)13-5-6-16-18(9-13)26-20(22)17(11-21)19(16)12-7-14(24-3)10-15(8-12)25-4/h5-10,17,19,22H,1-4H3. The molecule has 0 saturated heterocycles. The van der Waals surface area contributed by atoms with E-state index in [1.165, 1.54) is 0 Å². The van der Waals surface area contributed by atoms with E-state index in [9.17, 15) is 5.26 Å². The molecule has 0 aromatic heterocycles. The number of hydrogen-bond donors (Lipinski definition) is 1. The highest BCUT2D eigenvalue weighted by Crippen LogP contribution is 2.44. The van der Waals surface area contributed by atoms with Crippen LogP contribution in [-0.2, 0) is 0 Å². The van der Waals surface area contributed by atoms with Crippen molar-refractivity contribution in [3.05, 3.63) is 47.5 Å². The van der Waals surface area contributed by atoms with Crippen LogP contribution in [0.5, 0.6) is 17.2 Å². The molecule has 6 heteroatoms. The molecule has 1 N–H and O–H groups in total. The minimum atomic E-state index is -0.718. The Hall–Kier alpha value is -3.20. The zero-order valence-electron chi connectivity index (χ0n) is 15.2. The number of ether oxygens (including phenoxy) is 3. The van der Waals surface area contributed by atoms with Gasteiger partial charge in [0.25, 0.3) is 0 Å². The summed E-state index contributed by atoms with van der Waals surface area (Å²) in [4.78, 5) is 1.97. The number of nitriles is 1. The van der Waals surface area contributed by atoms with Gasteiger partial charge in [-0.05, 0) is 23.8 Å². The fourth-order valence-corrected chi connectivity index (χ4v) is 3.17. The van der Waals surface area contributed by atoms with Crippen molar-refractivity contribution in [1.82, 2.24) is 0 Å². The number of anilines is 1. The topological polar surface area (TPSA) is 78.6 Å². The van der Waals surface area contributed by atoms with Crippen LogP contribution in [0.2, 0.25) is 0 Å². The Morgan fingerprint density at radius 1 is 1.08 bits per heavy atom. The van der Waals surface area contributed by atoms with Crippen LogP contribution >= 0.6 is 0 Å². The van der Waals surface area contributed by atoms with Crippen molar-refractivity contribution >= 4 is 11.6 Å². The molecule has 6 nitrogen and oxygen atoms in total. The molecular weight excluding hydrogens is 330 g/mol. The van der Waals surface area contributed by atoms with Gasteiger partial charge in [-0.3, -0.25) is 5.41 Å². The van der Waals surface area contributed by atoms with Gasteiger partial charge in [0.2, 0.25) is 5.90 Å².